The zero-order valence-corrected chi connectivity index (χ0v) is 10.8. The van der Waals surface area contributed by atoms with Crippen molar-refractivity contribution in [2.45, 2.75) is 18.9 Å². The van der Waals surface area contributed by atoms with Crippen molar-refractivity contribution in [3.8, 4) is 0 Å². The predicted molar refractivity (Wildman–Crippen MR) is 69.3 cm³/mol. The molecule has 0 saturated carbocycles. The van der Waals surface area contributed by atoms with Gasteiger partial charge in [-0.15, -0.1) is 0 Å². The first kappa shape index (κ1) is 13.8. The maximum absolute atomic E-state index is 12.2. The highest BCUT2D eigenvalue weighted by atomic mass is 35.5. The normalized spacial score (nSPS) is 19.3. The molecule has 1 saturated heterocycles. The number of amides is 1. The molecule has 1 unspecified atom stereocenters. The maximum Gasteiger partial charge on any atom is 0.287 e. The Morgan fingerprint density at radius 1 is 1.53 bits per heavy atom. The summed E-state index contributed by atoms with van der Waals surface area (Å²) >= 11 is 5.77. The van der Waals surface area contributed by atoms with E-state index < -0.39 is 11.0 Å². The molecule has 0 aromatic heterocycles. The highest BCUT2D eigenvalue weighted by Gasteiger charge is 2.24. The van der Waals surface area contributed by atoms with E-state index in [-0.39, 0.29) is 23.2 Å². The third kappa shape index (κ3) is 3.02. The lowest BCUT2D eigenvalue weighted by Gasteiger charge is -2.30. The van der Waals surface area contributed by atoms with Crippen LogP contribution in [0.1, 0.15) is 23.2 Å². The predicted octanol–water partition coefficient (Wildman–Crippen LogP) is 1.85. The van der Waals surface area contributed by atoms with E-state index in [1.54, 1.807) is 0 Å². The minimum absolute atomic E-state index is 0.0617. The first-order chi connectivity index (χ1) is 8.99. The SMILES string of the molecule is O=C(c1ccc([N+](=O)[O-])c(Cl)c1)N1CCCC(O)C1. The number of nitro benzene ring substituents is 1. The van der Waals surface area contributed by atoms with Gasteiger partial charge in [0.1, 0.15) is 5.02 Å². The second-order valence-corrected chi connectivity index (χ2v) is 4.88. The summed E-state index contributed by atoms with van der Waals surface area (Å²) in [6, 6.07) is 3.90. The molecule has 19 heavy (non-hydrogen) atoms. The second-order valence-electron chi connectivity index (χ2n) is 4.47. The van der Waals surface area contributed by atoms with E-state index >= 15 is 0 Å². The lowest BCUT2D eigenvalue weighted by molar-refractivity contribution is -0.384. The summed E-state index contributed by atoms with van der Waals surface area (Å²) in [5.74, 6) is -0.268. The van der Waals surface area contributed by atoms with Crippen LogP contribution in [0.25, 0.3) is 0 Å². The number of rotatable bonds is 2. The van der Waals surface area contributed by atoms with Crippen LogP contribution in [0.5, 0.6) is 0 Å². The van der Waals surface area contributed by atoms with E-state index in [4.69, 9.17) is 11.6 Å². The van der Waals surface area contributed by atoms with Crippen molar-refractivity contribution in [3.05, 3.63) is 38.9 Å². The fourth-order valence-electron chi connectivity index (χ4n) is 2.11. The van der Waals surface area contributed by atoms with Crippen LogP contribution in [0.2, 0.25) is 5.02 Å². The van der Waals surface area contributed by atoms with Gasteiger partial charge in [-0.3, -0.25) is 14.9 Å². The Morgan fingerprint density at radius 2 is 2.26 bits per heavy atom. The van der Waals surface area contributed by atoms with Gasteiger partial charge >= 0.3 is 0 Å². The van der Waals surface area contributed by atoms with Gasteiger partial charge in [0, 0.05) is 24.7 Å². The fraction of sp³-hybridized carbons (Fsp3) is 0.417. The minimum atomic E-state index is -0.596. The summed E-state index contributed by atoms with van der Waals surface area (Å²) in [5.41, 5.74) is 0.0709. The summed E-state index contributed by atoms with van der Waals surface area (Å²) in [5, 5.41) is 20.1. The topological polar surface area (TPSA) is 83.7 Å². The molecule has 0 spiro atoms. The number of halogens is 1. The number of aliphatic hydroxyl groups is 1. The van der Waals surface area contributed by atoms with Crippen LogP contribution in [0.3, 0.4) is 0 Å². The monoisotopic (exact) mass is 284 g/mol. The van der Waals surface area contributed by atoms with Crippen molar-refractivity contribution in [2.75, 3.05) is 13.1 Å². The molecule has 6 nitrogen and oxygen atoms in total. The smallest absolute Gasteiger partial charge is 0.287 e. The summed E-state index contributed by atoms with van der Waals surface area (Å²) in [6.07, 6.45) is 0.921. The fourth-order valence-corrected chi connectivity index (χ4v) is 2.36. The number of carbonyl (C=O) groups is 1. The summed E-state index contributed by atoms with van der Waals surface area (Å²) in [7, 11) is 0. The Morgan fingerprint density at radius 3 is 2.84 bits per heavy atom. The molecule has 1 atom stereocenters. The zero-order chi connectivity index (χ0) is 14.0. The number of piperidine rings is 1. The second kappa shape index (κ2) is 5.54. The standard InChI is InChI=1S/C12H13ClN2O4/c13-10-6-8(3-4-11(10)15(18)19)12(17)14-5-1-2-9(16)7-14/h3-4,6,9,16H,1-2,5,7H2. The van der Waals surface area contributed by atoms with Crippen molar-refractivity contribution in [3.63, 3.8) is 0 Å². The number of aliphatic hydroxyl groups excluding tert-OH is 1. The molecule has 0 radical (unpaired) electrons. The molecule has 2 rings (SSSR count). The zero-order valence-electron chi connectivity index (χ0n) is 10.1. The van der Waals surface area contributed by atoms with Crippen molar-refractivity contribution in [1.29, 1.82) is 0 Å². The lowest BCUT2D eigenvalue weighted by atomic mass is 10.1. The van der Waals surface area contributed by atoms with Crippen molar-refractivity contribution in [2.24, 2.45) is 0 Å². The van der Waals surface area contributed by atoms with Gasteiger partial charge in [-0.25, -0.2) is 0 Å². The van der Waals surface area contributed by atoms with E-state index in [2.05, 4.69) is 0 Å². The third-order valence-corrected chi connectivity index (χ3v) is 3.38. The van der Waals surface area contributed by atoms with Gasteiger partial charge in [0.25, 0.3) is 11.6 Å². The Bertz CT molecular complexity index is 520. The molecule has 1 amide bonds. The van der Waals surface area contributed by atoms with Crippen LogP contribution in [0.15, 0.2) is 18.2 Å². The van der Waals surface area contributed by atoms with E-state index in [1.165, 1.54) is 23.1 Å². The van der Waals surface area contributed by atoms with Crippen LogP contribution >= 0.6 is 11.6 Å². The van der Waals surface area contributed by atoms with Gasteiger partial charge in [0.05, 0.1) is 11.0 Å². The number of nitrogens with zero attached hydrogens (tertiary/aromatic N) is 2. The lowest BCUT2D eigenvalue weighted by Crippen LogP contribution is -2.42. The summed E-state index contributed by atoms with van der Waals surface area (Å²) < 4.78 is 0. The van der Waals surface area contributed by atoms with E-state index in [9.17, 15) is 20.0 Å². The highest BCUT2D eigenvalue weighted by Crippen LogP contribution is 2.26. The van der Waals surface area contributed by atoms with E-state index in [0.717, 1.165) is 6.42 Å². The van der Waals surface area contributed by atoms with Gasteiger partial charge in [0.2, 0.25) is 0 Å². The van der Waals surface area contributed by atoms with Crippen molar-refractivity contribution < 1.29 is 14.8 Å². The highest BCUT2D eigenvalue weighted by molar-refractivity contribution is 6.33. The molecular weight excluding hydrogens is 272 g/mol. The Kier molecular flexibility index (Phi) is 4.01. The summed E-state index contributed by atoms with van der Waals surface area (Å²) in [4.78, 5) is 23.7. The minimum Gasteiger partial charge on any atom is -0.391 e. The number of hydrogen-bond donors (Lipinski definition) is 1. The van der Waals surface area contributed by atoms with Crippen molar-refractivity contribution >= 4 is 23.2 Å². The molecular formula is C12H13ClN2O4. The van der Waals surface area contributed by atoms with Crippen LogP contribution in [-0.4, -0.2) is 40.0 Å². The molecule has 1 N–H and O–H groups in total. The molecule has 1 aromatic rings. The van der Waals surface area contributed by atoms with Gasteiger partial charge in [0.15, 0.2) is 0 Å². The first-order valence-electron chi connectivity index (χ1n) is 5.90. The van der Waals surface area contributed by atoms with E-state index in [1.807, 2.05) is 0 Å². The molecule has 7 heteroatoms. The third-order valence-electron chi connectivity index (χ3n) is 3.08. The number of benzene rings is 1. The van der Waals surface area contributed by atoms with Crippen LogP contribution in [0, 0.1) is 10.1 Å². The van der Waals surface area contributed by atoms with Crippen LogP contribution in [-0.2, 0) is 0 Å². The molecule has 102 valence electrons. The maximum atomic E-state index is 12.2. The van der Waals surface area contributed by atoms with Crippen LogP contribution in [0.4, 0.5) is 5.69 Å². The Balaban J connectivity index is 2.19. The Hall–Kier alpha value is -1.66. The average Bonchev–Trinajstić information content (AvgIpc) is 2.37. The molecule has 0 bridgehead atoms. The van der Waals surface area contributed by atoms with Gasteiger partial charge in [-0.1, -0.05) is 11.6 Å². The van der Waals surface area contributed by atoms with Crippen LogP contribution < -0.4 is 0 Å². The molecule has 1 aliphatic heterocycles. The number of β-amino-alcohol motifs (C(OH)–C–C–N with tert-alkyl or cyclic N) is 1. The number of hydrogen-bond acceptors (Lipinski definition) is 4. The van der Waals surface area contributed by atoms with E-state index in [0.29, 0.717) is 18.5 Å². The summed E-state index contributed by atoms with van der Waals surface area (Å²) in [6.45, 7) is 0.859. The number of likely N-dealkylation sites (tertiary alicyclic amines) is 1. The molecule has 1 aromatic carbocycles. The van der Waals surface area contributed by atoms with Gasteiger partial charge in [-0.05, 0) is 25.0 Å². The first-order valence-corrected chi connectivity index (χ1v) is 6.28. The van der Waals surface area contributed by atoms with Crippen molar-refractivity contribution in [1.82, 2.24) is 4.90 Å². The molecule has 1 heterocycles. The largest absolute Gasteiger partial charge is 0.391 e. The number of nitro groups is 1. The molecule has 1 fully saturated rings. The van der Waals surface area contributed by atoms with Gasteiger partial charge < -0.3 is 10.0 Å². The number of carbonyl (C=O) groups excluding carboxylic acids is 1. The molecule has 1 aliphatic rings. The molecule has 0 aliphatic carbocycles. The van der Waals surface area contributed by atoms with Gasteiger partial charge in [-0.2, -0.15) is 0 Å². The average molecular weight is 285 g/mol. The Labute approximate surface area is 114 Å². The quantitative estimate of drug-likeness (QED) is 0.663.